The van der Waals surface area contributed by atoms with Crippen LogP contribution in [-0.2, 0) is 27.1 Å². The van der Waals surface area contributed by atoms with Gasteiger partial charge in [-0.15, -0.1) is 0 Å². The van der Waals surface area contributed by atoms with Crippen LogP contribution >= 0.6 is 105 Å². The number of hydrazine groups is 2. The number of benzene rings is 6. The van der Waals surface area contributed by atoms with Gasteiger partial charge in [0.15, 0.2) is 32.1 Å². The molecule has 0 radical (unpaired) electrons. The summed E-state index contributed by atoms with van der Waals surface area (Å²) in [6, 6.07) is 40.6. The quantitative estimate of drug-likeness (QED) is 0.0750. The van der Waals surface area contributed by atoms with E-state index in [1.54, 1.807) is 124 Å². The van der Waals surface area contributed by atoms with Gasteiger partial charge in [0.1, 0.15) is 17.4 Å². The van der Waals surface area contributed by atoms with Crippen LogP contribution < -0.4 is 21.6 Å². The number of furan rings is 1. The van der Waals surface area contributed by atoms with E-state index in [4.69, 9.17) is 95.8 Å². The molecule has 2 aliphatic carbocycles. The van der Waals surface area contributed by atoms with Crippen molar-refractivity contribution >= 4 is 167 Å². The average Bonchev–Trinajstić information content (AvgIpc) is 1.65. The summed E-state index contributed by atoms with van der Waals surface area (Å²) in [5, 5.41) is 21.9. The van der Waals surface area contributed by atoms with E-state index in [1.807, 2.05) is 55.5 Å². The van der Waals surface area contributed by atoms with E-state index < -0.39 is 15.7 Å². The molecule has 17 nitrogen and oxygen atoms in total. The van der Waals surface area contributed by atoms with Crippen LogP contribution in [0.4, 0.5) is 8.78 Å². The molecule has 4 aliphatic heterocycles. The van der Waals surface area contributed by atoms with Gasteiger partial charge in [0, 0.05) is 73.9 Å². The van der Waals surface area contributed by atoms with Crippen molar-refractivity contribution in [2.75, 3.05) is 30.3 Å². The molecule has 3 fully saturated rings. The molecule has 3 amide bonds. The molecule has 558 valence electrons. The second kappa shape index (κ2) is 33.9. The lowest BCUT2D eigenvalue weighted by molar-refractivity contribution is 0.0807. The SMILES string of the molecule is C[C@@H](NC(=O)c1nn(-c2ccc(Cl)cc2Cl)c2c1CS(=O)(=O)C/C2=C\c1ccc(Cl)o1)c1ccccc1.O=C(NN1CC2CCCC2C1)c1nn(-c2ccc(Cl)cc2Cl)c2c1CSC/C2=C\c1ccc(F)cc1.O=C(NNC1CCCCC1)c1nn(-c2ccc(Cl)cc2Cl)c2c1CSC/C2=C\c1ccc(F)cc1. The van der Waals surface area contributed by atoms with Crippen LogP contribution in [0.15, 0.2) is 150 Å². The van der Waals surface area contributed by atoms with Crippen LogP contribution in [0.3, 0.4) is 0 Å². The Bertz CT molecular complexity index is 5290. The number of rotatable bonds is 14. The van der Waals surface area contributed by atoms with Gasteiger partial charge >= 0.3 is 0 Å². The summed E-state index contributed by atoms with van der Waals surface area (Å²) in [6.45, 7) is 3.63. The van der Waals surface area contributed by atoms with Crippen molar-refractivity contribution < 1.29 is 36.0 Å². The summed E-state index contributed by atoms with van der Waals surface area (Å²) < 4.78 is 63.3. The number of carbonyl (C=O) groups is 3. The minimum absolute atomic E-state index is 0.00421. The third-order valence-corrected chi connectivity index (χ3v) is 24.9. The monoisotopic (exact) mass is 1650 g/mol. The number of carbonyl (C=O) groups excluding carboxylic acids is 3. The zero-order valence-corrected chi connectivity index (χ0v) is 65.7. The number of nitrogens with zero attached hydrogens (tertiary/aromatic N) is 7. The van der Waals surface area contributed by atoms with E-state index >= 15 is 0 Å². The summed E-state index contributed by atoms with van der Waals surface area (Å²) in [4.78, 5) is 40.3. The lowest BCUT2D eigenvalue weighted by Crippen LogP contribution is -2.45. The number of hydrogen-bond acceptors (Lipinski definition) is 13. The largest absolute Gasteiger partial charge is 0.445 e. The van der Waals surface area contributed by atoms with Gasteiger partial charge < -0.3 is 9.73 Å². The number of aromatic nitrogens is 6. The van der Waals surface area contributed by atoms with Gasteiger partial charge in [-0.25, -0.2) is 41.7 Å². The molecule has 6 aromatic carbocycles. The van der Waals surface area contributed by atoms with Crippen molar-refractivity contribution in [2.45, 2.75) is 87.6 Å². The van der Waals surface area contributed by atoms with Crippen molar-refractivity contribution in [2.24, 2.45) is 11.8 Å². The van der Waals surface area contributed by atoms with Crippen LogP contribution in [0.2, 0.25) is 35.4 Å². The van der Waals surface area contributed by atoms with E-state index in [2.05, 4.69) is 31.7 Å². The molecule has 0 spiro atoms. The topological polar surface area (TPSA) is 203 Å². The second-order valence-electron chi connectivity index (χ2n) is 27.2. The van der Waals surface area contributed by atoms with E-state index in [1.165, 1.54) is 67.5 Å². The predicted octanol–water partition coefficient (Wildman–Crippen LogP) is 19.5. The predicted molar refractivity (Wildman–Crippen MR) is 430 cm³/mol. The number of nitrogens with one attached hydrogen (secondary N) is 4. The maximum absolute atomic E-state index is 13.5. The van der Waals surface area contributed by atoms with E-state index in [9.17, 15) is 31.6 Å². The first kappa shape index (κ1) is 77.1. The Hall–Kier alpha value is -7.68. The fourth-order valence-corrected chi connectivity index (χ4v) is 19.7. The standard InChI is InChI=1S/C27H25Cl2FN4OS.C26H20Cl3N3O4S.C26H25Cl2FN4OS/c28-20-6-9-24(23(29)11-20)34-26-19(10-16-4-7-21(30)8-5-16)14-36-15-22(26)25(31-34)27(35)32-33-12-17-2-1-3-18(17)13-33;1-15(16-5-3-2-4-6-16)30-26(33)24-20-14-37(34,35)13-17(11-19-8-10-23(29)36-19)25(20)32(31-24)22-9-7-18(27)12-21(22)28;27-18-8-11-23(22(28)13-18)33-25-17(12-16-6-9-19(29)10-7-16)14-35-15-21(25)24(32-33)26(34)31-30-20-4-2-1-3-5-20/h4-11,17-18H,1-3,12-15H2,(H,32,35);2-12,15H,13-14H2,1H3,(H,30,33);6-13,20,30H,1-5,14-15H2,(H,31,34)/b19-10+;17-11+;17-12+/t;15-;/m.1./s1. The Balaban J connectivity index is 0.000000136. The number of thioether (sulfide) groups is 2. The van der Waals surface area contributed by atoms with Gasteiger partial charge in [0.2, 0.25) is 0 Å². The van der Waals surface area contributed by atoms with Gasteiger partial charge in [-0.05, 0) is 199 Å². The Morgan fingerprint density at radius 3 is 1.49 bits per heavy atom. The van der Waals surface area contributed by atoms with Crippen LogP contribution in [0.5, 0.6) is 0 Å². The third-order valence-electron chi connectivity index (χ3n) is 19.6. The van der Waals surface area contributed by atoms with Crippen LogP contribution in [0, 0.1) is 23.5 Å². The van der Waals surface area contributed by atoms with E-state index in [0.29, 0.717) is 93.9 Å². The lowest BCUT2D eigenvalue weighted by atomic mass is 9.96. The summed E-state index contributed by atoms with van der Waals surface area (Å²) in [6.07, 6.45) is 15.1. The summed E-state index contributed by atoms with van der Waals surface area (Å²) >= 11 is 47.4. The van der Waals surface area contributed by atoms with Gasteiger partial charge in [0.05, 0.1) is 66.8 Å². The molecule has 4 N–H and O–H groups in total. The number of sulfone groups is 1. The van der Waals surface area contributed by atoms with Crippen molar-refractivity contribution in [1.82, 2.24) is 55.9 Å². The molecule has 108 heavy (non-hydrogen) atoms. The zero-order valence-electron chi connectivity index (χ0n) is 57.9. The van der Waals surface area contributed by atoms with E-state index in [0.717, 1.165) is 87.8 Å². The Morgan fingerprint density at radius 2 is 1.01 bits per heavy atom. The van der Waals surface area contributed by atoms with Gasteiger partial charge in [-0.2, -0.15) is 38.8 Å². The minimum Gasteiger partial charge on any atom is -0.445 e. The molecule has 29 heteroatoms. The smallest absolute Gasteiger partial charge is 0.286 e. The van der Waals surface area contributed by atoms with Crippen LogP contribution in [-0.4, -0.2) is 96.9 Å². The summed E-state index contributed by atoms with van der Waals surface area (Å²) in [5.41, 5.74) is 20.9. The molecular formula is C79H70Cl7F2N11O6S3. The van der Waals surface area contributed by atoms with E-state index in [-0.39, 0.29) is 68.5 Å². The number of hydrogen-bond donors (Lipinski definition) is 4. The lowest BCUT2D eigenvalue weighted by Gasteiger charge is -2.23. The highest BCUT2D eigenvalue weighted by molar-refractivity contribution is 7.99. The van der Waals surface area contributed by atoms with Crippen molar-refractivity contribution in [3.05, 3.63) is 266 Å². The Morgan fingerprint density at radius 1 is 0.528 bits per heavy atom. The molecule has 0 bridgehead atoms. The third kappa shape index (κ3) is 17.7. The first-order valence-corrected chi connectivity index (χ1v) is 41.8. The molecule has 6 aliphatic rings. The number of halogens is 9. The highest BCUT2D eigenvalue weighted by Gasteiger charge is 2.40. The van der Waals surface area contributed by atoms with Crippen LogP contribution in [0.25, 0.3) is 52.0 Å². The Kier molecular flexibility index (Phi) is 24.2. The molecule has 10 aromatic rings. The first-order valence-electron chi connectivity index (χ1n) is 35.0. The van der Waals surface area contributed by atoms with Crippen molar-refractivity contribution in [3.8, 4) is 17.1 Å². The van der Waals surface area contributed by atoms with Crippen molar-refractivity contribution in [3.63, 3.8) is 0 Å². The van der Waals surface area contributed by atoms with Crippen LogP contribution in [0.1, 0.15) is 152 Å². The molecule has 4 aromatic heterocycles. The first-order chi connectivity index (χ1) is 52.1. The average molecular weight is 1650 g/mol. The van der Waals surface area contributed by atoms with Gasteiger partial charge in [0.25, 0.3) is 17.7 Å². The molecule has 16 rings (SSSR count). The fraction of sp³-hybridized carbons (Fsp3) is 0.266. The zero-order chi connectivity index (χ0) is 75.5. The molecule has 8 heterocycles. The summed E-state index contributed by atoms with van der Waals surface area (Å²) in [7, 11) is -3.61. The van der Waals surface area contributed by atoms with Gasteiger partial charge in [-0.1, -0.05) is 150 Å². The molecular weight excluding hydrogens is 1580 g/mol. The van der Waals surface area contributed by atoms with Gasteiger partial charge in [-0.3, -0.25) is 25.2 Å². The number of fused-ring (bicyclic) bond motifs is 4. The molecule has 3 atom stereocenters. The van der Waals surface area contributed by atoms with Crippen molar-refractivity contribution in [1.29, 1.82) is 0 Å². The molecule has 2 unspecified atom stereocenters. The molecule has 2 saturated carbocycles. The maximum atomic E-state index is 13.5. The minimum atomic E-state index is -3.61. The molecule has 1 saturated heterocycles. The maximum Gasteiger partial charge on any atom is 0.286 e. The Labute approximate surface area is 666 Å². The normalized spacial score (nSPS) is 18.8. The summed E-state index contributed by atoms with van der Waals surface area (Å²) in [5.74, 6) is 2.31. The highest BCUT2D eigenvalue weighted by atomic mass is 35.5. The fourth-order valence-electron chi connectivity index (χ4n) is 14.5. The second-order valence-corrected chi connectivity index (χ2v) is 34.1. The number of amides is 3. The highest BCUT2D eigenvalue weighted by Crippen LogP contribution is 2.43.